The molecule has 106 valence electrons. The topological polar surface area (TPSA) is 104 Å². The lowest BCUT2D eigenvalue weighted by Crippen LogP contribution is -2.41. The Kier molecular flexibility index (Phi) is 4.09. The quantitative estimate of drug-likeness (QED) is 0.652. The molecule has 0 spiro atoms. The number of nitrogen functional groups attached to an aromatic ring is 1. The van der Waals surface area contributed by atoms with Crippen molar-refractivity contribution in [2.24, 2.45) is 5.41 Å². The van der Waals surface area contributed by atoms with Gasteiger partial charge in [0.2, 0.25) is 0 Å². The first-order valence-electron chi connectivity index (χ1n) is 6.77. The van der Waals surface area contributed by atoms with Crippen LogP contribution in [-0.2, 0) is 0 Å². The molecule has 6 heteroatoms. The number of hydrogen-bond acceptors (Lipinski definition) is 4. The summed E-state index contributed by atoms with van der Waals surface area (Å²) in [5.41, 5.74) is 6.92. The van der Waals surface area contributed by atoms with Crippen LogP contribution in [0.2, 0.25) is 0 Å². The number of nitrogens with one attached hydrogen (secondary N) is 2. The number of anilines is 1. The molecule has 1 aromatic rings. The van der Waals surface area contributed by atoms with E-state index in [0.29, 0.717) is 17.9 Å². The fourth-order valence-corrected chi connectivity index (χ4v) is 2.65. The summed E-state index contributed by atoms with van der Waals surface area (Å²) in [6.45, 7) is 2.37. The van der Waals surface area contributed by atoms with Gasteiger partial charge >= 0.3 is 0 Å². The zero-order valence-corrected chi connectivity index (χ0v) is 11.3. The number of aromatic amines is 1. The molecule has 1 aliphatic carbocycles. The number of aliphatic hydroxyl groups is 1. The van der Waals surface area contributed by atoms with E-state index >= 15 is 0 Å². The molecule has 1 aliphatic rings. The van der Waals surface area contributed by atoms with Gasteiger partial charge < -0.3 is 16.2 Å². The molecule has 1 fully saturated rings. The number of hydrogen-bond donors (Lipinski definition) is 4. The fourth-order valence-electron chi connectivity index (χ4n) is 2.65. The third-order valence-electron chi connectivity index (χ3n) is 4.08. The molecular weight excluding hydrogens is 244 g/mol. The fraction of sp³-hybridized carbons (Fsp3) is 0.692. The summed E-state index contributed by atoms with van der Waals surface area (Å²) in [5.74, 6) is -0.278. The van der Waals surface area contributed by atoms with E-state index in [9.17, 15) is 9.90 Å². The maximum absolute atomic E-state index is 12.0. The molecule has 0 saturated heterocycles. The van der Waals surface area contributed by atoms with E-state index in [1.165, 1.54) is 6.42 Å². The Hall–Kier alpha value is -1.56. The molecule has 6 nitrogen and oxygen atoms in total. The average Bonchev–Trinajstić information content (AvgIpc) is 2.77. The van der Waals surface area contributed by atoms with E-state index < -0.39 is 0 Å². The van der Waals surface area contributed by atoms with Crippen LogP contribution in [0, 0.1) is 12.3 Å². The maximum atomic E-state index is 12.0. The summed E-state index contributed by atoms with van der Waals surface area (Å²) in [7, 11) is 0. The van der Waals surface area contributed by atoms with Crippen LogP contribution >= 0.6 is 0 Å². The first kappa shape index (κ1) is 13.9. The van der Waals surface area contributed by atoms with E-state index in [1.807, 2.05) is 0 Å². The number of H-pyrrole nitrogens is 1. The van der Waals surface area contributed by atoms with Crippen molar-refractivity contribution in [1.29, 1.82) is 0 Å². The number of amides is 1. The summed E-state index contributed by atoms with van der Waals surface area (Å²) >= 11 is 0. The molecule has 1 aromatic heterocycles. The van der Waals surface area contributed by atoms with Crippen LogP contribution in [0.25, 0.3) is 0 Å². The highest BCUT2D eigenvalue weighted by atomic mass is 16.3. The van der Waals surface area contributed by atoms with Crippen molar-refractivity contribution < 1.29 is 9.90 Å². The van der Waals surface area contributed by atoms with Gasteiger partial charge in [0.25, 0.3) is 5.91 Å². The van der Waals surface area contributed by atoms with E-state index in [1.54, 1.807) is 6.92 Å². The van der Waals surface area contributed by atoms with Crippen LogP contribution in [0.4, 0.5) is 5.69 Å². The van der Waals surface area contributed by atoms with Gasteiger partial charge in [-0.3, -0.25) is 9.89 Å². The molecule has 0 radical (unpaired) electrons. The van der Waals surface area contributed by atoms with Gasteiger partial charge in [-0.05, 0) is 19.8 Å². The van der Waals surface area contributed by atoms with Gasteiger partial charge in [0.05, 0.1) is 18.0 Å². The van der Waals surface area contributed by atoms with E-state index in [0.717, 1.165) is 25.7 Å². The first-order chi connectivity index (χ1) is 9.08. The molecule has 19 heavy (non-hydrogen) atoms. The highest BCUT2D eigenvalue weighted by molar-refractivity contribution is 5.97. The smallest absolute Gasteiger partial charge is 0.273 e. The van der Waals surface area contributed by atoms with E-state index in [-0.39, 0.29) is 23.6 Å². The van der Waals surface area contributed by atoms with Crippen molar-refractivity contribution in [2.75, 3.05) is 18.9 Å². The molecule has 0 aromatic carbocycles. The Bertz CT molecular complexity index is 449. The zero-order valence-electron chi connectivity index (χ0n) is 11.3. The van der Waals surface area contributed by atoms with Crippen LogP contribution in [0.1, 0.15) is 48.3 Å². The van der Waals surface area contributed by atoms with Crippen molar-refractivity contribution in [3.05, 3.63) is 11.4 Å². The lowest BCUT2D eigenvalue weighted by atomic mass is 9.74. The molecule has 1 saturated carbocycles. The summed E-state index contributed by atoms with van der Waals surface area (Å²) in [6, 6.07) is 0. The van der Waals surface area contributed by atoms with Crippen molar-refractivity contribution in [2.45, 2.75) is 39.0 Å². The molecule has 0 bridgehead atoms. The molecule has 2 rings (SSSR count). The number of aryl methyl sites for hydroxylation is 1. The minimum absolute atomic E-state index is 0.113. The summed E-state index contributed by atoms with van der Waals surface area (Å²) in [5, 5.41) is 19.0. The van der Waals surface area contributed by atoms with Gasteiger partial charge in [-0.2, -0.15) is 5.10 Å². The molecule has 0 aliphatic heterocycles. The molecule has 1 amide bonds. The lowest BCUT2D eigenvalue weighted by molar-refractivity contribution is 0.0716. The van der Waals surface area contributed by atoms with Crippen molar-refractivity contribution in [3.8, 4) is 0 Å². The highest BCUT2D eigenvalue weighted by Crippen LogP contribution is 2.35. The second-order valence-electron chi connectivity index (χ2n) is 5.51. The van der Waals surface area contributed by atoms with Gasteiger partial charge in [-0.15, -0.1) is 0 Å². The van der Waals surface area contributed by atoms with Crippen molar-refractivity contribution in [3.63, 3.8) is 0 Å². The Balaban J connectivity index is 1.97. The molecule has 1 heterocycles. The number of rotatable bonds is 4. The van der Waals surface area contributed by atoms with E-state index in [2.05, 4.69) is 15.5 Å². The normalized spacial score (nSPS) is 18.2. The van der Waals surface area contributed by atoms with Gasteiger partial charge in [-0.1, -0.05) is 19.3 Å². The zero-order chi connectivity index (χ0) is 13.9. The third kappa shape index (κ3) is 2.89. The second kappa shape index (κ2) is 5.61. The van der Waals surface area contributed by atoms with Crippen LogP contribution in [0.15, 0.2) is 0 Å². The average molecular weight is 266 g/mol. The van der Waals surface area contributed by atoms with Crippen LogP contribution in [0.5, 0.6) is 0 Å². The minimum atomic E-state index is -0.278. The number of carbonyl (C=O) groups excluding carboxylic acids is 1. The third-order valence-corrected chi connectivity index (χ3v) is 4.08. The van der Waals surface area contributed by atoms with Crippen LogP contribution < -0.4 is 11.1 Å². The summed E-state index contributed by atoms with van der Waals surface area (Å²) in [4.78, 5) is 12.0. The van der Waals surface area contributed by atoms with Gasteiger partial charge in [0.15, 0.2) is 5.69 Å². The summed E-state index contributed by atoms with van der Waals surface area (Å²) in [6.07, 6.45) is 5.35. The molecular formula is C13H22N4O2. The van der Waals surface area contributed by atoms with Gasteiger partial charge in [0, 0.05) is 12.0 Å². The van der Waals surface area contributed by atoms with Crippen LogP contribution in [0.3, 0.4) is 0 Å². The number of nitrogens with two attached hydrogens (primary N) is 1. The predicted octanol–water partition coefficient (Wildman–Crippen LogP) is 0.973. The van der Waals surface area contributed by atoms with Crippen molar-refractivity contribution in [1.82, 2.24) is 15.5 Å². The van der Waals surface area contributed by atoms with Gasteiger partial charge in [0.1, 0.15) is 0 Å². The Morgan fingerprint density at radius 2 is 2.16 bits per heavy atom. The van der Waals surface area contributed by atoms with Gasteiger partial charge in [-0.25, -0.2) is 0 Å². The molecule has 0 unspecified atom stereocenters. The number of carbonyl (C=O) groups is 1. The monoisotopic (exact) mass is 266 g/mol. The predicted molar refractivity (Wildman–Crippen MR) is 72.7 cm³/mol. The minimum Gasteiger partial charge on any atom is -0.396 e. The second-order valence-corrected chi connectivity index (χ2v) is 5.51. The van der Waals surface area contributed by atoms with Crippen molar-refractivity contribution >= 4 is 11.6 Å². The molecule has 5 N–H and O–H groups in total. The Labute approximate surface area is 112 Å². The first-order valence-corrected chi connectivity index (χ1v) is 6.77. The summed E-state index contributed by atoms with van der Waals surface area (Å²) < 4.78 is 0. The SMILES string of the molecule is Cc1[nH]nc(C(=O)NCC2(CO)CCCCC2)c1N. The lowest BCUT2D eigenvalue weighted by Gasteiger charge is -2.35. The molecule has 0 atom stereocenters. The highest BCUT2D eigenvalue weighted by Gasteiger charge is 2.32. The Morgan fingerprint density at radius 3 is 2.68 bits per heavy atom. The maximum Gasteiger partial charge on any atom is 0.273 e. The number of aromatic nitrogens is 2. The van der Waals surface area contributed by atoms with Crippen LogP contribution in [-0.4, -0.2) is 34.4 Å². The standard InChI is InChI=1S/C13H22N4O2/c1-9-10(14)11(17-16-9)12(19)15-7-13(8-18)5-3-2-4-6-13/h18H,2-8,14H2,1H3,(H,15,19)(H,16,17). The number of nitrogens with zero attached hydrogens (tertiary/aromatic N) is 1. The largest absolute Gasteiger partial charge is 0.396 e. The Morgan fingerprint density at radius 1 is 1.47 bits per heavy atom. The van der Waals surface area contributed by atoms with E-state index in [4.69, 9.17) is 5.73 Å². The number of aliphatic hydroxyl groups excluding tert-OH is 1.